The number of thiazole rings is 1. The first-order valence-electron chi connectivity index (χ1n) is 10.2. The Hall–Kier alpha value is -4.19. The summed E-state index contributed by atoms with van der Waals surface area (Å²) in [4.78, 5) is 17.0. The van der Waals surface area contributed by atoms with Crippen molar-refractivity contribution in [1.29, 1.82) is 0 Å². The molecule has 0 bridgehead atoms. The number of halogens is 2. The predicted octanol–water partition coefficient (Wildman–Crippen LogP) is 4.91. The van der Waals surface area contributed by atoms with Gasteiger partial charge in [0.1, 0.15) is 5.75 Å². The molecule has 0 aliphatic rings. The van der Waals surface area contributed by atoms with Crippen LogP contribution in [0.25, 0.3) is 11.3 Å². The Morgan fingerprint density at radius 2 is 1.80 bits per heavy atom. The van der Waals surface area contributed by atoms with Gasteiger partial charge < -0.3 is 18.9 Å². The molecule has 1 amide bonds. The summed E-state index contributed by atoms with van der Waals surface area (Å²) in [6.07, 6.45) is 1.60. The fourth-order valence-electron chi connectivity index (χ4n) is 3.08. The zero-order chi connectivity index (χ0) is 24.8. The van der Waals surface area contributed by atoms with Gasteiger partial charge in [-0.3, -0.25) is 10.1 Å². The molecule has 0 aliphatic carbocycles. The fraction of sp³-hybridized carbons (Fsp3) is 0.174. The normalized spacial score (nSPS) is 10.8. The van der Waals surface area contributed by atoms with Gasteiger partial charge in [0, 0.05) is 17.1 Å². The molecule has 182 valence electrons. The lowest BCUT2D eigenvalue weighted by atomic mass is 10.2. The van der Waals surface area contributed by atoms with E-state index >= 15 is 0 Å². The number of aromatic nitrogens is 3. The van der Waals surface area contributed by atoms with E-state index in [0.717, 1.165) is 0 Å². The lowest BCUT2D eigenvalue weighted by molar-refractivity contribution is -0.0498. The molecule has 4 rings (SSSR count). The standard InChI is InChI=1S/C23H20F2N4O5S/c1-31-18-4-3-5-19(32-2)20(18)33-13-29-11-10-16(28-29)21(30)27-23-26-17(12-35-23)14-6-8-15(9-7-14)34-22(24)25/h3-12,22H,13H2,1-2H3,(H,26,27,30). The first kappa shape index (κ1) is 24.0. The minimum Gasteiger partial charge on any atom is -0.493 e. The maximum absolute atomic E-state index is 12.6. The highest BCUT2D eigenvalue weighted by Crippen LogP contribution is 2.37. The number of alkyl halides is 2. The number of anilines is 1. The summed E-state index contributed by atoms with van der Waals surface area (Å²) in [6.45, 7) is -2.86. The van der Waals surface area contributed by atoms with Gasteiger partial charge in [-0.2, -0.15) is 13.9 Å². The number of hydrogen-bond donors (Lipinski definition) is 1. The van der Waals surface area contributed by atoms with Gasteiger partial charge in [0.25, 0.3) is 5.91 Å². The topological polar surface area (TPSA) is 96.7 Å². The maximum Gasteiger partial charge on any atom is 0.387 e. The van der Waals surface area contributed by atoms with Crippen LogP contribution in [0.4, 0.5) is 13.9 Å². The molecular weight excluding hydrogens is 482 g/mol. The first-order valence-corrected chi connectivity index (χ1v) is 11.0. The summed E-state index contributed by atoms with van der Waals surface area (Å²) in [5, 5.41) is 9.03. The summed E-state index contributed by atoms with van der Waals surface area (Å²) in [7, 11) is 3.05. The molecule has 12 heteroatoms. The number of rotatable bonds is 10. The zero-order valence-corrected chi connectivity index (χ0v) is 19.4. The molecule has 2 aromatic carbocycles. The third kappa shape index (κ3) is 5.84. The van der Waals surface area contributed by atoms with Crippen molar-refractivity contribution in [3.63, 3.8) is 0 Å². The second kappa shape index (κ2) is 10.8. The van der Waals surface area contributed by atoms with E-state index in [9.17, 15) is 13.6 Å². The monoisotopic (exact) mass is 502 g/mol. The molecule has 0 saturated heterocycles. The van der Waals surface area contributed by atoms with Gasteiger partial charge in [-0.1, -0.05) is 6.07 Å². The molecule has 0 saturated carbocycles. The molecule has 0 spiro atoms. The lowest BCUT2D eigenvalue weighted by Gasteiger charge is -2.13. The summed E-state index contributed by atoms with van der Waals surface area (Å²) in [5.74, 6) is 1.04. The average Bonchev–Trinajstić information content (AvgIpc) is 3.52. The maximum atomic E-state index is 12.6. The summed E-state index contributed by atoms with van der Waals surface area (Å²) >= 11 is 1.22. The molecule has 4 aromatic rings. The van der Waals surface area contributed by atoms with Gasteiger partial charge in [-0.05, 0) is 42.5 Å². The van der Waals surface area contributed by atoms with Crippen molar-refractivity contribution in [2.75, 3.05) is 19.5 Å². The SMILES string of the molecule is COc1cccc(OC)c1OCn1ccc(C(=O)Nc2nc(-c3ccc(OC(F)F)cc3)cs2)n1. The molecule has 0 fully saturated rings. The third-order valence-electron chi connectivity index (χ3n) is 4.70. The molecule has 9 nitrogen and oxygen atoms in total. The van der Waals surface area contributed by atoms with E-state index in [-0.39, 0.29) is 18.2 Å². The zero-order valence-electron chi connectivity index (χ0n) is 18.6. The Morgan fingerprint density at radius 1 is 1.09 bits per heavy atom. The Bertz CT molecular complexity index is 1270. The number of carbonyl (C=O) groups is 1. The molecule has 2 heterocycles. The highest BCUT2D eigenvalue weighted by molar-refractivity contribution is 7.14. The molecule has 0 atom stereocenters. The van der Waals surface area contributed by atoms with Crippen LogP contribution in [-0.4, -0.2) is 41.5 Å². The highest BCUT2D eigenvalue weighted by Gasteiger charge is 2.15. The number of nitrogens with zero attached hydrogens (tertiary/aromatic N) is 3. The Balaban J connectivity index is 1.37. The minimum atomic E-state index is -2.89. The van der Waals surface area contributed by atoms with Crippen molar-refractivity contribution in [3.8, 4) is 34.3 Å². The molecule has 0 unspecified atom stereocenters. The number of para-hydroxylation sites is 1. The first-order chi connectivity index (χ1) is 17.0. The van der Waals surface area contributed by atoms with Crippen LogP contribution in [0, 0.1) is 0 Å². The Kier molecular flexibility index (Phi) is 7.41. The molecule has 2 aromatic heterocycles. The number of amides is 1. The van der Waals surface area contributed by atoms with E-state index in [1.807, 2.05) is 0 Å². The highest BCUT2D eigenvalue weighted by atomic mass is 32.1. The number of methoxy groups -OCH3 is 2. The molecule has 35 heavy (non-hydrogen) atoms. The van der Waals surface area contributed by atoms with Crippen LogP contribution in [-0.2, 0) is 6.73 Å². The van der Waals surface area contributed by atoms with Gasteiger partial charge in [0.15, 0.2) is 29.1 Å². The second-order valence-electron chi connectivity index (χ2n) is 6.90. The smallest absolute Gasteiger partial charge is 0.387 e. The number of carbonyl (C=O) groups excluding carboxylic acids is 1. The summed E-state index contributed by atoms with van der Waals surface area (Å²) in [6, 6.07) is 12.9. The molecular formula is C23H20F2N4O5S. The van der Waals surface area contributed by atoms with Crippen LogP contribution >= 0.6 is 11.3 Å². The minimum absolute atomic E-state index is 0.0245. The quantitative estimate of drug-likeness (QED) is 0.329. The van der Waals surface area contributed by atoms with E-state index < -0.39 is 12.5 Å². The van der Waals surface area contributed by atoms with Gasteiger partial charge in [-0.25, -0.2) is 9.67 Å². The van der Waals surface area contributed by atoms with E-state index in [2.05, 4.69) is 20.1 Å². The number of benzene rings is 2. The number of ether oxygens (including phenoxy) is 4. The van der Waals surface area contributed by atoms with Crippen LogP contribution < -0.4 is 24.3 Å². The van der Waals surface area contributed by atoms with Crippen LogP contribution in [0.15, 0.2) is 60.1 Å². The Morgan fingerprint density at radius 3 is 2.46 bits per heavy atom. The molecule has 1 N–H and O–H groups in total. The van der Waals surface area contributed by atoms with E-state index in [1.165, 1.54) is 42.4 Å². The Labute approximate surface area is 202 Å². The summed E-state index contributed by atoms with van der Waals surface area (Å²) in [5.41, 5.74) is 1.45. The second-order valence-corrected chi connectivity index (χ2v) is 7.76. The van der Waals surface area contributed by atoms with E-state index in [0.29, 0.717) is 33.6 Å². The number of nitrogens with one attached hydrogen (secondary N) is 1. The van der Waals surface area contributed by atoms with Crippen molar-refractivity contribution < 1.29 is 32.5 Å². The largest absolute Gasteiger partial charge is 0.493 e. The van der Waals surface area contributed by atoms with Crippen LogP contribution in [0.5, 0.6) is 23.0 Å². The van der Waals surface area contributed by atoms with Gasteiger partial charge >= 0.3 is 6.61 Å². The van der Waals surface area contributed by atoms with Crippen molar-refractivity contribution in [1.82, 2.24) is 14.8 Å². The van der Waals surface area contributed by atoms with Crippen LogP contribution in [0.3, 0.4) is 0 Å². The predicted molar refractivity (Wildman–Crippen MR) is 125 cm³/mol. The number of hydrogen-bond acceptors (Lipinski definition) is 8. The van der Waals surface area contributed by atoms with Crippen molar-refractivity contribution in [2.24, 2.45) is 0 Å². The van der Waals surface area contributed by atoms with Crippen LogP contribution in [0.2, 0.25) is 0 Å². The van der Waals surface area contributed by atoms with Crippen LogP contribution in [0.1, 0.15) is 10.5 Å². The van der Waals surface area contributed by atoms with Crippen molar-refractivity contribution >= 4 is 22.4 Å². The summed E-state index contributed by atoms with van der Waals surface area (Å²) < 4.78 is 46.8. The van der Waals surface area contributed by atoms with Crippen molar-refractivity contribution in [3.05, 3.63) is 65.8 Å². The third-order valence-corrected chi connectivity index (χ3v) is 5.45. The van der Waals surface area contributed by atoms with Gasteiger partial charge in [0.2, 0.25) is 5.75 Å². The van der Waals surface area contributed by atoms with E-state index in [4.69, 9.17) is 14.2 Å². The van der Waals surface area contributed by atoms with Crippen molar-refractivity contribution in [2.45, 2.75) is 13.3 Å². The van der Waals surface area contributed by atoms with Gasteiger partial charge in [-0.15, -0.1) is 11.3 Å². The molecule has 0 radical (unpaired) electrons. The lowest BCUT2D eigenvalue weighted by Crippen LogP contribution is -2.14. The van der Waals surface area contributed by atoms with Gasteiger partial charge in [0.05, 0.1) is 19.9 Å². The van der Waals surface area contributed by atoms with E-state index in [1.54, 1.807) is 48.0 Å². The molecule has 0 aliphatic heterocycles. The average molecular weight is 502 g/mol. The fourth-order valence-corrected chi connectivity index (χ4v) is 3.79.